The summed E-state index contributed by atoms with van der Waals surface area (Å²) >= 11 is 1.32. The fraction of sp³-hybridized carbons (Fsp3) is 0.250. The van der Waals surface area contributed by atoms with E-state index in [2.05, 4.69) is 10.6 Å². The van der Waals surface area contributed by atoms with E-state index < -0.39 is 17.1 Å². The van der Waals surface area contributed by atoms with Gasteiger partial charge in [-0.05, 0) is 30.2 Å². The van der Waals surface area contributed by atoms with Crippen molar-refractivity contribution in [1.82, 2.24) is 0 Å². The molecule has 0 bridgehead atoms. The SMILES string of the molecule is CCc1ccccc1NC(=O)COC(=O)C[C@@H]1Sc2ccccc2NC1=O. The third-order valence-electron chi connectivity index (χ3n) is 4.10. The Kier molecular flexibility index (Phi) is 6.13. The van der Waals surface area contributed by atoms with Gasteiger partial charge in [-0.2, -0.15) is 0 Å². The molecule has 7 heteroatoms. The van der Waals surface area contributed by atoms with Gasteiger partial charge in [0.25, 0.3) is 5.91 Å². The molecule has 0 saturated carbocycles. The summed E-state index contributed by atoms with van der Waals surface area (Å²) in [6, 6.07) is 14.9. The highest BCUT2D eigenvalue weighted by molar-refractivity contribution is 8.01. The van der Waals surface area contributed by atoms with Crippen LogP contribution in [0, 0.1) is 0 Å². The summed E-state index contributed by atoms with van der Waals surface area (Å²) in [6.45, 7) is 1.61. The van der Waals surface area contributed by atoms with Gasteiger partial charge in [0.1, 0.15) is 0 Å². The van der Waals surface area contributed by atoms with Crippen LogP contribution < -0.4 is 10.6 Å². The largest absolute Gasteiger partial charge is 0.456 e. The number of thioether (sulfide) groups is 1. The summed E-state index contributed by atoms with van der Waals surface area (Å²) in [5.74, 6) is -1.23. The number of amides is 2. The average Bonchev–Trinajstić information content (AvgIpc) is 2.67. The highest BCUT2D eigenvalue weighted by Gasteiger charge is 2.29. The van der Waals surface area contributed by atoms with Gasteiger partial charge in [0.15, 0.2) is 6.61 Å². The van der Waals surface area contributed by atoms with Gasteiger partial charge in [-0.3, -0.25) is 14.4 Å². The molecule has 6 nitrogen and oxygen atoms in total. The zero-order valence-corrected chi connectivity index (χ0v) is 15.7. The van der Waals surface area contributed by atoms with Crippen molar-refractivity contribution in [3.63, 3.8) is 0 Å². The zero-order valence-electron chi connectivity index (χ0n) is 14.9. The quantitative estimate of drug-likeness (QED) is 0.747. The molecule has 0 saturated heterocycles. The van der Waals surface area contributed by atoms with E-state index in [0.717, 1.165) is 22.6 Å². The molecule has 1 aliphatic rings. The Labute approximate surface area is 161 Å². The normalized spacial score (nSPS) is 15.4. The minimum atomic E-state index is -0.582. The maximum atomic E-state index is 12.1. The molecule has 0 spiro atoms. The van der Waals surface area contributed by atoms with E-state index in [1.807, 2.05) is 49.4 Å². The Bertz CT molecular complexity index is 869. The van der Waals surface area contributed by atoms with Gasteiger partial charge in [-0.1, -0.05) is 37.3 Å². The van der Waals surface area contributed by atoms with Gasteiger partial charge in [0, 0.05) is 10.6 Å². The van der Waals surface area contributed by atoms with Crippen molar-refractivity contribution in [2.75, 3.05) is 17.2 Å². The van der Waals surface area contributed by atoms with E-state index in [4.69, 9.17) is 4.74 Å². The van der Waals surface area contributed by atoms with Gasteiger partial charge < -0.3 is 15.4 Å². The number of carbonyl (C=O) groups excluding carboxylic acids is 3. The Morgan fingerprint density at radius 1 is 1.15 bits per heavy atom. The third kappa shape index (κ3) is 4.89. The fourth-order valence-electron chi connectivity index (χ4n) is 2.72. The molecule has 27 heavy (non-hydrogen) atoms. The monoisotopic (exact) mass is 384 g/mol. The van der Waals surface area contributed by atoms with Crippen molar-refractivity contribution >= 4 is 40.9 Å². The van der Waals surface area contributed by atoms with Crippen molar-refractivity contribution < 1.29 is 19.1 Å². The topological polar surface area (TPSA) is 84.5 Å². The summed E-state index contributed by atoms with van der Waals surface area (Å²) in [4.78, 5) is 37.1. The van der Waals surface area contributed by atoms with Crippen molar-refractivity contribution in [3.8, 4) is 0 Å². The number of rotatable bonds is 6. The van der Waals surface area contributed by atoms with Crippen LogP contribution in [-0.2, 0) is 25.5 Å². The number of aryl methyl sites for hydroxylation is 1. The number of nitrogens with one attached hydrogen (secondary N) is 2. The van der Waals surface area contributed by atoms with E-state index in [1.165, 1.54) is 11.8 Å². The second kappa shape index (κ2) is 8.73. The van der Waals surface area contributed by atoms with Crippen molar-refractivity contribution in [3.05, 3.63) is 54.1 Å². The second-order valence-corrected chi connectivity index (χ2v) is 7.26. The molecule has 0 fully saturated rings. The Morgan fingerprint density at radius 2 is 1.89 bits per heavy atom. The number of fused-ring (bicyclic) bond motifs is 1. The fourth-order valence-corrected chi connectivity index (χ4v) is 3.82. The molecule has 2 N–H and O–H groups in total. The highest BCUT2D eigenvalue weighted by atomic mass is 32.2. The van der Waals surface area contributed by atoms with Crippen LogP contribution in [0.15, 0.2) is 53.4 Å². The first-order valence-corrected chi connectivity index (χ1v) is 9.54. The molecule has 0 aliphatic carbocycles. The lowest BCUT2D eigenvalue weighted by atomic mass is 10.1. The lowest BCUT2D eigenvalue weighted by Crippen LogP contribution is -2.32. The number of hydrogen-bond donors (Lipinski definition) is 2. The number of ether oxygens (including phenoxy) is 1. The molecule has 3 rings (SSSR count). The molecule has 2 aromatic carbocycles. The number of carbonyl (C=O) groups is 3. The summed E-state index contributed by atoms with van der Waals surface area (Å²) in [5.41, 5.74) is 2.46. The first kappa shape index (κ1) is 19.0. The molecule has 1 heterocycles. The second-order valence-electron chi connectivity index (χ2n) is 6.02. The lowest BCUT2D eigenvalue weighted by Gasteiger charge is -2.23. The van der Waals surface area contributed by atoms with E-state index in [1.54, 1.807) is 6.07 Å². The molecular weight excluding hydrogens is 364 g/mol. The van der Waals surface area contributed by atoms with Crippen LogP contribution in [0.3, 0.4) is 0 Å². The molecular formula is C20H20N2O4S. The summed E-state index contributed by atoms with van der Waals surface area (Å²) in [5, 5.41) is 4.95. The van der Waals surface area contributed by atoms with Gasteiger partial charge in [0.2, 0.25) is 5.91 Å². The van der Waals surface area contributed by atoms with Gasteiger partial charge >= 0.3 is 5.97 Å². The van der Waals surface area contributed by atoms with Crippen LogP contribution in [0.5, 0.6) is 0 Å². The number of para-hydroxylation sites is 2. The van der Waals surface area contributed by atoms with Crippen molar-refractivity contribution in [2.24, 2.45) is 0 Å². The third-order valence-corrected chi connectivity index (χ3v) is 5.37. The molecule has 0 aromatic heterocycles. The summed E-state index contributed by atoms with van der Waals surface area (Å²) < 4.78 is 5.04. The maximum Gasteiger partial charge on any atom is 0.307 e. The van der Waals surface area contributed by atoms with E-state index >= 15 is 0 Å². The van der Waals surface area contributed by atoms with Crippen LogP contribution in [-0.4, -0.2) is 29.6 Å². The highest BCUT2D eigenvalue weighted by Crippen LogP contribution is 2.36. The van der Waals surface area contributed by atoms with E-state index in [0.29, 0.717) is 5.69 Å². The van der Waals surface area contributed by atoms with Gasteiger partial charge in [0.05, 0.1) is 17.4 Å². The first-order valence-electron chi connectivity index (χ1n) is 8.66. The van der Waals surface area contributed by atoms with Crippen LogP contribution in [0.1, 0.15) is 18.9 Å². The molecule has 0 radical (unpaired) electrons. The Morgan fingerprint density at radius 3 is 2.70 bits per heavy atom. The number of benzene rings is 2. The molecule has 1 aliphatic heterocycles. The maximum absolute atomic E-state index is 12.1. The van der Waals surface area contributed by atoms with Crippen LogP contribution in [0.4, 0.5) is 11.4 Å². The predicted octanol–water partition coefficient (Wildman–Crippen LogP) is 3.23. The first-order chi connectivity index (χ1) is 13.1. The smallest absolute Gasteiger partial charge is 0.307 e. The minimum absolute atomic E-state index is 0.0936. The molecule has 0 unspecified atom stereocenters. The van der Waals surface area contributed by atoms with Gasteiger partial charge in [-0.15, -0.1) is 11.8 Å². The number of hydrogen-bond acceptors (Lipinski definition) is 5. The summed E-state index contributed by atoms with van der Waals surface area (Å²) in [7, 11) is 0. The molecule has 140 valence electrons. The average molecular weight is 384 g/mol. The van der Waals surface area contributed by atoms with Gasteiger partial charge in [-0.25, -0.2) is 0 Å². The molecule has 2 aromatic rings. The minimum Gasteiger partial charge on any atom is -0.456 e. The number of esters is 1. The van der Waals surface area contributed by atoms with E-state index in [-0.39, 0.29) is 18.9 Å². The van der Waals surface area contributed by atoms with Crippen LogP contribution in [0.2, 0.25) is 0 Å². The van der Waals surface area contributed by atoms with E-state index in [9.17, 15) is 14.4 Å². The molecule has 1 atom stereocenters. The lowest BCUT2D eigenvalue weighted by molar-refractivity contribution is -0.147. The Balaban J connectivity index is 1.50. The van der Waals surface area contributed by atoms with Crippen molar-refractivity contribution in [1.29, 1.82) is 0 Å². The van der Waals surface area contributed by atoms with Crippen LogP contribution in [0.25, 0.3) is 0 Å². The standard InChI is InChI=1S/C20H20N2O4S/c1-2-13-7-3-4-8-14(13)21-18(23)12-26-19(24)11-17-20(25)22-15-9-5-6-10-16(15)27-17/h3-10,17H,2,11-12H2,1H3,(H,21,23)(H,22,25)/t17-/m0/s1. The van der Waals surface area contributed by atoms with Crippen molar-refractivity contribution in [2.45, 2.75) is 29.9 Å². The summed E-state index contributed by atoms with van der Waals surface area (Å²) in [6.07, 6.45) is 0.690. The Hall–Kier alpha value is -2.80. The zero-order chi connectivity index (χ0) is 19.2. The van der Waals surface area contributed by atoms with Crippen LogP contribution >= 0.6 is 11.8 Å². The number of anilines is 2. The molecule has 2 amide bonds. The predicted molar refractivity (Wildman–Crippen MR) is 105 cm³/mol.